The molecule has 0 saturated carbocycles. The fraction of sp³-hybridized carbons (Fsp3) is 0.438. The molecule has 2 heterocycles. The van der Waals surface area contributed by atoms with Gasteiger partial charge in [-0.1, -0.05) is 6.07 Å². The normalized spacial score (nSPS) is 13.1. The second-order valence-electron chi connectivity index (χ2n) is 5.96. The van der Waals surface area contributed by atoms with Crippen LogP contribution in [0.25, 0.3) is 11.0 Å². The Morgan fingerprint density at radius 3 is 2.68 bits per heavy atom. The first-order chi connectivity index (χ1) is 10.5. The lowest BCUT2D eigenvalue weighted by Gasteiger charge is -2.25. The molecule has 0 fully saturated rings. The summed E-state index contributed by atoms with van der Waals surface area (Å²) in [5.41, 5.74) is 5.53. The zero-order valence-electron chi connectivity index (χ0n) is 13.4. The van der Waals surface area contributed by atoms with Crippen LogP contribution in [0.3, 0.4) is 0 Å². The van der Waals surface area contributed by atoms with Crippen LogP contribution in [-0.2, 0) is 13.1 Å². The number of rotatable bonds is 5. The Labute approximate surface area is 134 Å². The fourth-order valence-electron chi connectivity index (χ4n) is 2.62. The minimum absolute atomic E-state index is 0.405. The molecule has 1 aromatic carbocycles. The van der Waals surface area contributed by atoms with E-state index in [1.165, 1.54) is 23.0 Å². The molecule has 22 heavy (non-hydrogen) atoms. The Bertz CT molecular complexity index is 776. The zero-order valence-corrected chi connectivity index (χ0v) is 14.3. The van der Waals surface area contributed by atoms with E-state index in [9.17, 15) is 0 Å². The molecule has 0 N–H and O–H groups in total. The number of nitrogens with zero attached hydrogens (tertiary/aromatic N) is 5. The molecule has 0 radical (unpaired) electrons. The van der Waals surface area contributed by atoms with Gasteiger partial charge in [-0.3, -0.25) is 9.58 Å². The third kappa shape index (κ3) is 3.18. The zero-order chi connectivity index (χ0) is 15.7. The predicted molar refractivity (Wildman–Crippen MR) is 90.0 cm³/mol. The van der Waals surface area contributed by atoms with Gasteiger partial charge in [0, 0.05) is 18.3 Å². The first-order valence-electron chi connectivity index (χ1n) is 7.45. The van der Waals surface area contributed by atoms with Gasteiger partial charge in [0.2, 0.25) is 0 Å². The van der Waals surface area contributed by atoms with Crippen molar-refractivity contribution in [2.24, 2.45) is 0 Å². The van der Waals surface area contributed by atoms with Crippen LogP contribution < -0.4 is 0 Å². The van der Waals surface area contributed by atoms with Crippen LogP contribution >= 0.6 is 11.7 Å². The van der Waals surface area contributed by atoms with Crippen LogP contribution in [0.15, 0.2) is 24.3 Å². The van der Waals surface area contributed by atoms with Crippen molar-refractivity contribution in [2.75, 3.05) is 7.05 Å². The molecule has 0 aliphatic heterocycles. The molecule has 3 aromatic rings. The predicted octanol–water partition coefficient (Wildman–Crippen LogP) is 3.03. The van der Waals surface area contributed by atoms with Gasteiger partial charge in [0.05, 0.1) is 24.0 Å². The molecule has 1 unspecified atom stereocenters. The number of likely N-dealkylation sites (N-methyl/N-ethyl adjacent to an activating group) is 1. The molecule has 0 saturated heterocycles. The number of aromatic nitrogens is 4. The van der Waals surface area contributed by atoms with Gasteiger partial charge in [0.15, 0.2) is 0 Å². The van der Waals surface area contributed by atoms with Crippen molar-refractivity contribution in [2.45, 2.75) is 39.9 Å². The van der Waals surface area contributed by atoms with Crippen LogP contribution in [0.4, 0.5) is 0 Å². The van der Waals surface area contributed by atoms with E-state index in [4.69, 9.17) is 0 Å². The lowest BCUT2D eigenvalue weighted by atomic mass is 10.1. The van der Waals surface area contributed by atoms with E-state index in [-0.39, 0.29) is 0 Å². The number of benzene rings is 1. The van der Waals surface area contributed by atoms with Crippen molar-refractivity contribution in [1.29, 1.82) is 0 Å². The van der Waals surface area contributed by atoms with Gasteiger partial charge in [-0.25, -0.2) is 0 Å². The summed E-state index contributed by atoms with van der Waals surface area (Å²) in [5.74, 6) is 0. The van der Waals surface area contributed by atoms with E-state index in [0.717, 1.165) is 29.8 Å². The maximum absolute atomic E-state index is 4.55. The summed E-state index contributed by atoms with van der Waals surface area (Å²) in [6, 6.07) is 8.84. The fourth-order valence-corrected chi connectivity index (χ4v) is 3.14. The second-order valence-corrected chi connectivity index (χ2v) is 6.49. The lowest BCUT2D eigenvalue weighted by molar-refractivity contribution is 0.220. The Kier molecular flexibility index (Phi) is 4.22. The van der Waals surface area contributed by atoms with Gasteiger partial charge < -0.3 is 0 Å². The van der Waals surface area contributed by atoms with Crippen LogP contribution in [0.5, 0.6) is 0 Å². The van der Waals surface area contributed by atoms with Gasteiger partial charge in [-0.2, -0.15) is 13.8 Å². The van der Waals surface area contributed by atoms with Crippen LogP contribution in [-0.4, -0.2) is 36.5 Å². The highest BCUT2D eigenvalue weighted by Crippen LogP contribution is 2.16. The summed E-state index contributed by atoms with van der Waals surface area (Å²) in [6.07, 6.45) is 0. The summed E-state index contributed by atoms with van der Waals surface area (Å²) in [5, 5.41) is 4.55. The number of aryl methyl sites for hydroxylation is 2. The minimum Gasteiger partial charge on any atom is -0.298 e. The van der Waals surface area contributed by atoms with Crippen molar-refractivity contribution in [3.63, 3.8) is 0 Å². The summed E-state index contributed by atoms with van der Waals surface area (Å²) in [4.78, 5) is 2.34. The van der Waals surface area contributed by atoms with E-state index in [1.54, 1.807) is 0 Å². The van der Waals surface area contributed by atoms with E-state index in [2.05, 4.69) is 62.5 Å². The second kappa shape index (κ2) is 6.14. The highest BCUT2D eigenvalue weighted by atomic mass is 32.1. The molecule has 0 aliphatic rings. The Hall–Kier alpha value is -1.79. The average Bonchev–Trinajstić information content (AvgIpc) is 3.05. The van der Waals surface area contributed by atoms with Crippen LogP contribution in [0, 0.1) is 13.8 Å². The van der Waals surface area contributed by atoms with Crippen molar-refractivity contribution >= 4 is 22.8 Å². The molecular weight excluding hydrogens is 294 g/mol. The molecule has 3 rings (SSSR count). The molecular formula is C16H21N5S. The number of fused-ring (bicyclic) bond motifs is 1. The topological polar surface area (TPSA) is 46.8 Å². The third-order valence-corrected chi connectivity index (χ3v) is 4.60. The van der Waals surface area contributed by atoms with E-state index < -0.39 is 0 Å². The summed E-state index contributed by atoms with van der Waals surface area (Å²) in [7, 11) is 2.15. The van der Waals surface area contributed by atoms with Gasteiger partial charge in [-0.15, -0.1) is 0 Å². The monoisotopic (exact) mass is 315 g/mol. The Morgan fingerprint density at radius 2 is 1.95 bits per heavy atom. The van der Waals surface area contributed by atoms with Gasteiger partial charge >= 0.3 is 0 Å². The van der Waals surface area contributed by atoms with Crippen LogP contribution in [0.1, 0.15) is 23.9 Å². The first kappa shape index (κ1) is 15.1. The standard InChI is InChI=1S/C16H21N5S/c1-11-7-12(2)21(17-11)9-13(3)20(4)10-14-5-6-15-16(8-14)19-22-18-15/h5-8,13H,9-10H2,1-4H3. The molecule has 116 valence electrons. The molecule has 6 heteroatoms. The van der Waals surface area contributed by atoms with Crippen molar-refractivity contribution in [1.82, 2.24) is 23.4 Å². The highest BCUT2D eigenvalue weighted by molar-refractivity contribution is 7.00. The molecule has 1 atom stereocenters. The van der Waals surface area contributed by atoms with Crippen molar-refractivity contribution < 1.29 is 0 Å². The average molecular weight is 315 g/mol. The molecule has 0 spiro atoms. The van der Waals surface area contributed by atoms with Crippen molar-refractivity contribution in [3.05, 3.63) is 41.2 Å². The molecule has 2 aromatic heterocycles. The smallest absolute Gasteiger partial charge is 0.105 e. The Balaban J connectivity index is 1.67. The largest absolute Gasteiger partial charge is 0.298 e. The first-order valence-corrected chi connectivity index (χ1v) is 8.18. The molecule has 0 aliphatic carbocycles. The molecule has 0 bridgehead atoms. The molecule has 0 amide bonds. The minimum atomic E-state index is 0.405. The maximum Gasteiger partial charge on any atom is 0.105 e. The van der Waals surface area contributed by atoms with E-state index in [0.29, 0.717) is 6.04 Å². The summed E-state index contributed by atoms with van der Waals surface area (Å²) in [6.45, 7) is 8.18. The number of hydrogen-bond acceptors (Lipinski definition) is 5. The SMILES string of the molecule is Cc1cc(C)n(CC(C)N(C)Cc2ccc3nsnc3c2)n1. The summed E-state index contributed by atoms with van der Waals surface area (Å²) < 4.78 is 10.6. The highest BCUT2D eigenvalue weighted by Gasteiger charge is 2.13. The summed E-state index contributed by atoms with van der Waals surface area (Å²) >= 11 is 1.27. The molecule has 5 nitrogen and oxygen atoms in total. The quantitative estimate of drug-likeness (QED) is 0.726. The third-order valence-electron chi connectivity index (χ3n) is 4.04. The lowest BCUT2D eigenvalue weighted by Crippen LogP contribution is -2.33. The Morgan fingerprint density at radius 1 is 1.18 bits per heavy atom. The number of hydrogen-bond donors (Lipinski definition) is 0. The van der Waals surface area contributed by atoms with E-state index >= 15 is 0 Å². The van der Waals surface area contributed by atoms with Gasteiger partial charge in [0.25, 0.3) is 0 Å². The van der Waals surface area contributed by atoms with Gasteiger partial charge in [0.1, 0.15) is 11.0 Å². The maximum atomic E-state index is 4.55. The van der Waals surface area contributed by atoms with Crippen LogP contribution in [0.2, 0.25) is 0 Å². The van der Waals surface area contributed by atoms with Crippen molar-refractivity contribution in [3.8, 4) is 0 Å². The van der Waals surface area contributed by atoms with Gasteiger partial charge in [-0.05, 0) is 51.6 Å². The van der Waals surface area contributed by atoms with E-state index in [1.807, 2.05) is 13.0 Å².